The first-order chi connectivity index (χ1) is 4.75. The summed E-state index contributed by atoms with van der Waals surface area (Å²) in [6, 6.07) is 0. The fourth-order valence-electron chi connectivity index (χ4n) is 0.626. The highest BCUT2D eigenvalue weighted by Gasteiger charge is 2.44. The number of aliphatic carboxylic acids is 1. The first kappa shape index (κ1) is 10.8. The van der Waals surface area contributed by atoms with E-state index >= 15 is 0 Å². The highest BCUT2D eigenvalue weighted by atomic mass is 32.1. The number of hydrogen-bond acceptors (Lipinski definition) is 3. The molecule has 0 aromatic carbocycles. The van der Waals surface area contributed by atoms with Crippen molar-refractivity contribution >= 4 is 18.6 Å². The molecule has 0 rings (SSSR count). The monoisotopic (exact) mass is 177 g/mol. The smallest absolute Gasteiger partial charge is 0.325 e. The van der Waals surface area contributed by atoms with Gasteiger partial charge in [-0.25, -0.2) is 0 Å². The van der Waals surface area contributed by atoms with E-state index in [2.05, 4.69) is 12.6 Å². The molecule has 0 heterocycles. The molecule has 3 N–H and O–H groups in total. The van der Waals surface area contributed by atoms with Gasteiger partial charge in [0.05, 0.1) is 0 Å². The Kier molecular flexibility index (Phi) is 2.97. The highest BCUT2D eigenvalue weighted by Crippen LogP contribution is 2.29. The summed E-state index contributed by atoms with van der Waals surface area (Å²) in [5.74, 6) is -0.855. The second-order valence-corrected chi connectivity index (χ2v) is 4.00. The van der Waals surface area contributed by atoms with E-state index in [1.807, 2.05) is 0 Å². The third-order valence-electron chi connectivity index (χ3n) is 1.97. The Bertz CT molecular complexity index is 164. The maximum atomic E-state index is 10.7. The minimum absolute atomic E-state index is 0.145. The number of carboxylic acid groups (broad SMARTS) is 1. The van der Waals surface area contributed by atoms with Gasteiger partial charge in [-0.2, -0.15) is 12.6 Å². The number of carbonyl (C=O) groups is 1. The van der Waals surface area contributed by atoms with Crippen LogP contribution < -0.4 is 5.73 Å². The number of hydrogen-bond donors (Lipinski definition) is 3. The van der Waals surface area contributed by atoms with Crippen LogP contribution in [0.25, 0.3) is 0 Å². The van der Waals surface area contributed by atoms with Crippen molar-refractivity contribution in [2.45, 2.75) is 26.3 Å². The van der Waals surface area contributed by atoms with Crippen LogP contribution >= 0.6 is 12.6 Å². The van der Waals surface area contributed by atoms with Crippen molar-refractivity contribution in [2.24, 2.45) is 11.1 Å². The van der Waals surface area contributed by atoms with E-state index in [0.717, 1.165) is 0 Å². The van der Waals surface area contributed by atoms with Crippen molar-refractivity contribution in [2.75, 3.05) is 5.75 Å². The molecule has 0 spiro atoms. The van der Waals surface area contributed by atoms with Crippen LogP contribution in [0.15, 0.2) is 0 Å². The summed E-state index contributed by atoms with van der Waals surface area (Å²) >= 11 is 3.93. The maximum Gasteiger partial charge on any atom is 0.325 e. The third kappa shape index (κ3) is 1.87. The molecule has 0 fully saturated rings. The fourth-order valence-corrected chi connectivity index (χ4v) is 1.24. The molecule has 0 radical (unpaired) electrons. The standard InChI is InChI=1S/C7H15NO2S/c1-6(2,3)7(8,4-11)5(9)10/h11H,4,8H2,1-3H3,(H,9,10). The summed E-state index contributed by atoms with van der Waals surface area (Å²) in [7, 11) is 0. The summed E-state index contributed by atoms with van der Waals surface area (Å²) in [6.45, 7) is 5.37. The summed E-state index contributed by atoms with van der Waals surface area (Å²) in [5, 5.41) is 8.79. The molecule has 1 unspecified atom stereocenters. The van der Waals surface area contributed by atoms with Crippen molar-refractivity contribution in [3.63, 3.8) is 0 Å². The normalized spacial score (nSPS) is 17.5. The summed E-state index contributed by atoms with van der Waals surface area (Å²) in [4.78, 5) is 10.7. The zero-order chi connectivity index (χ0) is 9.28. The summed E-state index contributed by atoms with van der Waals surface area (Å²) in [6.07, 6.45) is 0. The Labute approximate surface area is 72.4 Å². The van der Waals surface area contributed by atoms with E-state index in [1.165, 1.54) is 0 Å². The Balaban J connectivity index is 4.75. The van der Waals surface area contributed by atoms with E-state index in [4.69, 9.17) is 10.8 Å². The van der Waals surface area contributed by atoms with Crippen LogP contribution in [0.3, 0.4) is 0 Å². The lowest BCUT2D eigenvalue weighted by atomic mass is 9.75. The van der Waals surface area contributed by atoms with Crippen molar-refractivity contribution in [1.82, 2.24) is 0 Å². The van der Waals surface area contributed by atoms with Gasteiger partial charge in [-0.15, -0.1) is 0 Å². The van der Waals surface area contributed by atoms with Gasteiger partial charge in [0.25, 0.3) is 0 Å². The van der Waals surface area contributed by atoms with Crippen LogP contribution in [0.2, 0.25) is 0 Å². The summed E-state index contributed by atoms with van der Waals surface area (Å²) in [5.41, 5.74) is 3.93. The molecule has 0 aliphatic rings. The number of nitrogens with two attached hydrogens (primary N) is 1. The lowest BCUT2D eigenvalue weighted by Gasteiger charge is -2.36. The van der Waals surface area contributed by atoms with E-state index in [9.17, 15) is 4.79 Å². The number of rotatable bonds is 2. The molecule has 4 heteroatoms. The average molecular weight is 177 g/mol. The fraction of sp³-hybridized carbons (Fsp3) is 0.857. The Morgan fingerprint density at radius 3 is 1.91 bits per heavy atom. The predicted octanol–water partition coefficient (Wildman–Crippen LogP) is 0.744. The van der Waals surface area contributed by atoms with Gasteiger partial charge in [-0.3, -0.25) is 4.79 Å². The quantitative estimate of drug-likeness (QED) is 0.545. The first-order valence-electron chi connectivity index (χ1n) is 3.39. The van der Waals surface area contributed by atoms with E-state index in [0.29, 0.717) is 0 Å². The molecule has 1 atom stereocenters. The highest BCUT2D eigenvalue weighted by molar-refractivity contribution is 7.80. The lowest BCUT2D eigenvalue weighted by Crippen LogP contribution is -2.59. The van der Waals surface area contributed by atoms with Crippen LogP contribution in [0.5, 0.6) is 0 Å². The van der Waals surface area contributed by atoms with Gasteiger partial charge in [0.15, 0.2) is 0 Å². The molecular weight excluding hydrogens is 162 g/mol. The van der Waals surface area contributed by atoms with E-state index < -0.39 is 16.9 Å². The van der Waals surface area contributed by atoms with Gasteiger partial charge >= 0.3 is 5.97 Å². The van der Waals surface area contributed by atoms with Gasteiger partial charge < -0.3 is 10.8 Å². The van der Waals surface area contributed by atoms with Crippen molar-refractivity contribution < 1.29 is 9.90 Å². The molecule has 0 bridgehead atoms. The molecule has 0 aromatic heterocycles. The summed E-state index contributed by atoms with van der Waals surface area (Å²) < 4.78 is 0. The SMILES string of the molecule is CC(C)(C)C(N)(CS)C(=O)O. The molecule has 11 heavy (non-hydrogen) atoms. The largest absolute Gasteiger partial charge is 0.480 e. The molecule has 3 nitrogen and oxygen atoms in total. The van der Waals surface area contributed by atoms with Crippen LogP contribution in [0.1, 0.15) is 20.8 Å². The lowest BCUT2D eigenvalue weighted by molar-refractivity contribution is -0.146. The van der Waals surface area contributed by atoms with Gasteiger partial charge in [-0.1, -0.05) is 20.8 Å². The van der Waals surface area contributed by atoms with Gasteiger partial charge in [0.2, 0.25) is 0 Å². The molecule has 0 aliphatic carbocycles. The topological polar surface area (TPSA) is 63.3 Å². The number of thiol groups is 1. The van der Waals surface area contributed by atoms with Crippen LogP contribution in [-0.2, 0) is 4.79 Å². The minimum atomic E-state index is -1.24. The Hall–Kier alpha value is -0.220. The molecule has 66 valence electrons. The second kappa shape index (κ2) is 3.03. The average Bonchev–Trinajstić information content (AvgIpc) is 1.83. The van der Waals surface area contributed by atoms with Crippen LogP contribution in [-0.4, -0.2) is 22.4 Å². The van der Waals surface area contributed by atoms with Crippen molar-refractivity contribution in [3.8, 4) is 0 Å². The van der Waals surface area contributed by atoms with Gasteiger partial charge in [0, 0.05) is 5.75 Å². The molecule has 0 saturated carbocycles. The molecule has 0 aliphatic heterocycles. The predicted molar refractivity (Wildman–Crippen MR) is 47.9 cm³/mol. The Morgan fingerprint density at radius 2 is 1.91 bits per heavy atom. The van der Waals surface area contributed by atoms with Crippen LogP contribution in [0.4, 0.5) is 0 Å². The van der Waals surface area contributed by atoms with Crippen LogP contribution in [0, 0.1) is 5.41 Å². The second-order valence-electron chi connectivity index (χ2n) is 3.68. The van der Waals surface area contributed by atoms with Crippen molar-refractivity contribution in [1.29, 1.82) is 0 Å². The first-order valence-corrected chi connectivity index (χ1v) is 4.02. The molecule has 0 amide bonds. The maximum absolute atomic E-state index is 10.7. The minimum Gasteiger partial charge on any atom is -0.480 e. The molecule has 0 saturated heterocycles. The third-order valence-corrected chi connectivity index (χ3v) is 2.47. The van der Waals surface area contributed by atoms with Gasteiger partial charge in [0.1, 0.15) is 5.54 Å². The number of carboxylic acids is 1. The van der Waals surface area contributed by atoms with Crippen molar-refractivity contribution in [3.05, 3.63) is 0 Å². The van der Waals surface area contributed by atoms with E-state index in [1.54, 1.807) is 20.8 Å². The zero-order valence-electron chi connectivity index (χ0n) is 7.09. The molecule has 0 aromatic rings. The van der Waals surface area contributed by atoms with Gasteiger partial charge in [-0.05, 0) is 5.41 Å². The Morgan fingerprint density at radius 1 is 1.55 bits per heavy atom. The van der Waals surface area contributed by atoms with E-state index in [-0.39, 0.29) is 5.75 Å². The molecular formula is C7H15NO2S. The zero-order valence-corrected chi connectivity index (χ0v) is 7.98.